The van der Waals surface area contributed by atoms with E-state index in [1.165, 1.54) is 11.6 Å². The number of halogens is 1. The van der Waals surface area contributed by atoms with E-state index in [4.69, 9.17) is 5.73 Å². The van der Waals surface area contributed by atoms with Crippen molar-refractivity contribution in [2.45, 2.75) is 44.7 Å². The first-order valence-electron chi connectivity index (χ1n) is 6.90. The Hall–Kier alpha value is -1.68. The van der Waals surface area contributed by atoms with Crippen LogP contribution in [-0.4, -0.2) is 9.78 Å². The first-order chi connectivity index (χ1) is 9.29. The van der Waals surface area contributed by atoms with Crippen molar-refractivity contribution >= 4 is 0 Å². The van der Waals surface area contributed by atoms with Gasteiger partial charge in [0.2, 0.25) is 0 Å². The highest BCUT2D eigenvalue weighted by atomic mass is 19.1. The Morgan fingerprint density at radius 3 is 2.65 bits per heavy atom. The molecule has 3 nitrogen and oxygen atoms in total. The van der Waals surface area contributed by atoms with Crippen LogP contribution in [-0.2, 0) is 17.5 Å². The summed E-state index contributed by atoms with van der Waals surface area (Å²) in [6.45, 7) is 6.81. The van der Waals surface area contributed by atoms with Gasteiger partial charge in [0.25, 0.3) is 0 Å². The first kappa shape index (κ1) is 13.3. The second-order valence-electron chi connectivity index (χ2n) is 6.66. The van der Waals surface area contributed by atoms with Gasteiger partial charge in [0, 0.05) is 17.3 Å². The van der Waals surface area contributed by atoms with E-state index in [1.54, 1.807) is 16.8 Å². The van der Waals surface area contributed by atoms with Crippen LogP contribution < -0.4 is 5.73 Å². The number of nitrogens with two attached hydrogens (primary N) is 1. The van der Waals surface area contributed by atoms with E-state index in [0.717, 1.165) is 12.1 Å². The Labute approximate surface area is 118 Å². The van der Waals surface area contributed by atoms with Crippen LogP contribution >= 0.6 is 0 Å². The fourth-order valence-corrected chi connectivity index (χ4v) is 3.32. The van der Waals surface area contributed by atoms with Crippen molar-refractivity contribution in [1.29, 1.82) is 0 Å². The summed E-state index contributed by atoms with van der Waals surface area (Å²) in [4.78, 5) is 0. The third-order valence-electron chi connectivity index (χ3n) is 4.13. The van der Waals surface area contributed by atoms with Crippen molar-refractivity contribution in [2.24, 2.45) is 5.73 Å². The van der Waals surface area contributed by atoms with Gasteiger partial charge in [-0.3, -0.25) is 4.68 Å². The van der Waals surface area contributed by atoms with Crippen LogP contribution in [0.15, 0.2) is 30.5 Å². The predicted octanol–water partition coefficient (Wildman–Crippen LogP) is 2.93. The van der Waals surface area contributed by atoms with Crippen molar-refractivity contribution in [3.63, 3.8) is 0 Å². The maximum atomic E-state index is 13.7. The molecular formula is C16H20FN3. The minimum atomic E-state index is -0.403. The van der Waals surface area contributed by atoms with Crippen molar-refractivity contribution in [3.05, 3.63) is 53.1 Å². The average Bonchev–Trinajstić information content (AvgIpc) is 2.82. The molecule has 1 aliphatic carbocycles. The van der Waals surface area contributed by atoms with E-state index in [1.807, 2.05) is 19.2 Å². The van der Waals surface area contributed by atoms with Crippen LogP contribution in [0.2, 0.25) is 0 Å². The lowest BCUT2D eigenvalue weighted by Gasteiger charge is -2.23. The Bertz CT molecular complexity index is 624. The van der Waals surface area contributed by atoms with Gasteiger partial charge < -0.3 is 5.73 Å². The number of benzene rings is 1. The third-order valence-corrected chi connectivity index (χ3v) is 4.13. The van der Waals surface area contributed by atoms with E-state index in [9.17, 15) is 4.39 Å². The highest BCUT2D eigenvalue weighted by molar-refractivity contribution is 5.38. The molecule has 0 amide bonds. The van der Waals surface area contributed by atoms with Crippen molar-refractivity contribution in [1.82, 2.24) is 9.78 Å². The van der Waals surface area contributed by atoms with Gasteiger partial charge in [-0.1, -0.05) is 32.0 Å². The van der Waals surface area contributed by atoms with Gasteiger partial charge in [-0.15, -0.1) is 0 Å². The highest BCUT2D eigenvalue weighted by Crippen LogP contribution is 2.45. The van der Waals surface area contributed by atoms with Crippen LogP contribution in [0.4, 0.5) is 4.39 Å². The summed E-state index contributed by atoms with van der Waals surface area (Å²) in [5, 5.41) is 4.60. The fraction of sp³-hybridized carbons (Fsp3) is 0.438. The molecule has 1 atom stereocenters. The second-order valence-corrected chi connectivity index (χ2v) is 6.66. The van der Waals surface area contributed by atoms with E-state index >= 15 is 0 Å². The van der Waals surface area contributed by atoms with Crippen molar-refractivity contribution < 1.29 is 4.39 Å². The lowest BCUT2D eigenvalue weighted by atomic mass is 9.85. The molecule has 1 aromatic heterocycles. The molecule has 3 rings (SSSR count). The zero-order valence-electron chi connectivity index (χ0n) is 12.2. The molecule has 0 saturated carbocycles. The normalized spacial score (nSPS) is 23.9. The molecule has 106 valence electrons. The zero-order chi connectivity index (χ0) is 14.5. The second kappa shape index (κ2) is 4.16. The quantitative estimate of drug-likeness (QED) is 0.914. The van der Waals surface area contributed by atoms with E-state index in [-0.39, 0.29) is 11.2 Å². The maximum Gasteiger partial charge on any atom is 0.128 e. The monoisotopic (exact) mass is 273 g/mol. The molecule has 1 heterocycles. The molecule has 0 aliphatic heterocycles. The molecule has 1 aliphatic rings. The number of hydrogen-bond donors (Lipinski definition) is 1. The molecule has 0 spiro atoms. The molecule has 0 bridgehead atoms. The molecule has 2 N–H and O–H groups in total. The SMILES string of the molecule is CC1(C)C[C@](C)(N)c2nn(Cc3ccccc3F)cc21. The Morgan fingerprint density at radius 1 is 1.30 bits per heavy atom. The topological polar surface area (TPSA) is 43.8 Å². The molecule has 0 radical (unpaired) electrons. The van der Waals surface area contributed by atoms with Gasteiger partial charge in [-0.05, 0) is 24.8 Å². The molecule has 4 heteroatoms. The van der Waals surface area contributed by atoms with Crippen LogP contribution in [0.5, 0.6) is 0 Å². The predicted molar refractivity (Wildman–Crippen MR) is 76.9 cm³/mol. The number of aromatic nitrogens is 2. The lowest BCUT2D eigenvalue weighted by Crippen LogP contribution is -2.33. The molecule has 20 heavy (non-hydrogen) atoms. The van der Waals surface area contributed by atoms with E-state index in [2.05, 4.69) is 18.9 Å². The van der Waals surface area contributed by atoms with Crippen molar-refractivity contribution in [3.8, 4) is 0 Å². The van der Waals surface area contributed by atoms with Crippen molar-refractivity contribution in [2.75, 3.05) is 0 Å². The summed E-state index contributed by atoms with van der Waals surface area (Å²) < 4.78 is 15.5. The largest absolute Gasteiger partial charge is 0.320 e. The van der Waals surface area contributed by atoms with Crippen LogP contribution in [0.3, 0.4) is 0 Å². The van der Waals surface area contributed by atoms with E-state index < -0.39 is 5.54 Å². The summed E-state index contributed by atoms with van der Waals surface area (Å²) in [5.41, 5.74) is 8.73. The molecule has 0 saturated heterocycles. The maximum absolute atomic E-state index is 13.7. The fourth-order valence-electron chi connectivity index (χ4n) is 3.32. The molecule has 0 unspecified atom stereocenters. The van der Waals surface area contributed by atoms with Gasteiger partial charge in [0.05, 0.1) is 17.8 Å². The molecule has 2 aromatic rings. The number of fused-ring (bicyclic) bond motifs is 1. The number of hydrogen-bond acceptors (Lipinski definition) is 2. The van der Waals surface area contributed by atoms with Gasteiger partial charge in [0.1, 0.15) is 5.82 Å². The Morgan fingerprint density at radius 2 is 2.00 bits per heavy atom. The average molecular weight is 273 g/mol. The Kier molecular flexibility index (Phi) is 2.77. The minimum absolute atomic E-state index is 0.0202. The summed E-state index contributed by atoms with van der Waals surface area (Å²) in [5.74, 6) is -0.196. The minimum Gasteiger partial charge on any atom is -0.320 e. The van der Waals surface area contributed by atoms with Gasteiger partial charge in [0.15, 0.2) is 0 Å². The number of nitrogens with zero attached hydrogens (tertiary/aromatic N) is 2. The zero-order valence-corrected chi connectivity index (χ0v) is 12.2. The smallest absolute Gasteiger partial charge is 0.128 e. The first-order valence-corrected chi connectivity index (χ1v) is 6.90. The molecule has 1 aromatic carbocycles. The summed E-state index contributed by atoms with van der Waals surface area (Å²) in [7, 11) is 0. The Balaban J connectivity index is 1.98. The van der Waals surface area contributed by atoms with E-state index in [0.29, 0.717) is 12.1 Å². The summed E-state index contributed by atoms with van der Waals surface area (Å²) in [6, 6.07) is 6.80. The molecular weight excluding hydrogens is 253 g/mol. The van der Waals surface area contributed by atoms with Crippen LogP contribution in [0.1, 0.15) is 44.0 Å². The van der Waals surface area contributed by atoms with Crippen LogP contribution in [0.25, 0.3) is 0 Å². The summed E-state index contributed by atoms with van der Waals surface area (Å²) >= 11 is 0. The third kappa shape index (κ3) is 2.04. The van der Waals surface area contributed by atoms with Gasteiger partial charge >= 0.3 is 0 Å². The standard InChI is InChI=1S/C16H20FN3/c1-15(2)10-16(3,18)14-12(15)9-20(19-14)8-11-6-4-5-7-13(11)17/h4-7,9H,8,10,18H2,1-3H3/t16-/m0/s1. The summed E-state index contributed by atoms with van der Waals surface area (Å²) in [6.07, 6.45) is 2.90. The van der Waals surface area contributed by atoms with Crippen LogP contribution in [0, 0.1) is 5.82 Å². The number of rotatable bonds is 2. The molecule has 0 fully saturated rings. The van der Waals surface area contributed by atoms with Gasteiger partial charge in [-0.25, -0.2) is 4.39 Å². The highest BCUT2D eigenvalue weighted by Gasteiger charge is 2.45. The van der Waals surface area contributed by atoms with Gasteiger partial charge in [-0.2, -0.15) is 5.10 Å². The lowest BCUT2D eigenvalue weighted by molar-refractivity contribution is 0.373.